The number of hydrogen-bond acceptors (Lipinski definition) is 6. The Hall–Kier alpha value is -1.22. The van der Waals surface area contributed by atoms with Crippen LogP contribution < -0.4 is 9.64 Å². The van der Waals surface area contributed by atoms with Crippen molar-refractivity contribution in [3.63, 3.8) is 0 Å². The van der Waals surface area contributed by atoms with Crippen molar-refractivity contribution in [1.29, 1.82) is 0 Å². The fourth-order valence-corrected chi connectivity index (χ4v) is 6.58. The molecular formula is C23H27Br2N3O2S. The molecule has 5 nitrogen and oxygen atoms in total. The summed E-state index contributed by atoms with van der Waals surface area (Å²) in [4.78, 5) is 2.92. The van der Waals surface area contributed by atoms with Crippen LogP contribution in [0.15, 0.2) is 58.1 Å². The Morgan fingerprint density at radius 3 is 2.61 bits per heavy atom. The maximum absolute atomic E-state index is 5.80. The van der Waals surface area contributed by atoms with E-state index in [9.17, 15) is 0 Å². The van der Waals surface area contributed by atoms with Crippen molar-refractivity contribution < 1.29 is 9.47 Å². The molecule has 1 fully saturated rings. The molecule has 0 aromatic heterocycles. The highest BCUT2D eigenvalue weighted by Crippen LogP contribution is 2.40. The van der Waals surface area contributed by atoms with Crippen LogP contribution in [0.2, 0.25) is 0 Å². The fraction of sp³-hybridized carbons (Fsp3) is 0.435. The number of nitrogens with zero attached hydrogens (tertiary/aromatic N) is 3. The molecule has 0 bridgehead atoms. The minimum atomic E-state index is 0.0708. The average Bonchev–Trinajstić information content (AvgIpc) is 3.17. The van der Waals surface area contributed by atoms with E-state index < -0.39 is 0 Å². The Morgan fingerprint density at radius 1 is 1.13 bits per heavy atom. The summed E-state index contributed by atoms with van der Waals surface area (Å²) < 4.78 is 12.2. The molecule has 0 N–H and O–H groups in total. The van der Waals surface area contributed by atoms with Gasteiger partial charge in [0, 0.05) is 36.3 Å². The monoisotopic (exact) mass is 567 g/mol. The summed E-state index contributed by atoms with van der Waals surface area (Å²) in [5, 5.41) is 7.97. The summed E-state index contributed by atoms with van der Waals surface area (Å²) in [5.41, 5.74) is 2.34. The highest BCUT2D eigenvalue weighted by molar-refractivity contribution is 9.10. The molecule has 1 heterocycles. The standard InChI is InChI=1S/C23H27Br2N3O2S/c1-27-23(31-22(26-27)15-9-11-18(24)20(13-15)29-2)28(16-7-5-4-6-8-16)17-10-12-19(25)21(14-17)30-3/h4-9,11,13,17,19,21,23H,10,12,14H2,1-3H3. The first-order chi connectivity index (χ1) is 15.0. The van der Waals surface area contributed by atoms with Crippen LogP contribution in [-0.4, -0.2) is 53.8 Å². The highest BCUT2D eigenvalue weighted by Gasteiger charge is 2.39. The van der Waals surface area contributed by atoms with E-state index in [4.69, 9.17) is 14.6 Å². The minimum Gasteiger partial charge on any atom is -0.496 e. The Labute approximate surface area is 205 Å². The third kappa shape index (κ3) is 4.92. The molecule has 31 heavy (non-hydrogen) atoms. The summed E-state index contributed by atoms with van der Waals surface area (Å²) in [6.07, 6.45) is 3.38. The number of hydrazone groups is 1. The van der Waals surface area contributed by atoms with Gasteiger partial charge in [-0.15, -0.1) is 0 Å². The van der Waals surface area contributed by atoms with Gasteiger partial charge < -0.3 is 14.4 Å². The van der Waals surface area contributed by atoms with Crippen LogP contribution in [0, 0.1) is 0 Å². The first-order valence-electron chi connectivity index (χ1n) is 10.3. The lowest BCUT2D eigenvalue weighted by atomic mass is 9.91. The number of alkyl halides is 1. The summed E-state index contributed by atoms with van der Waals surface area (Å²) in [5.74, 6) is 0.811. The lowest BCUT2D eigenvalue weighted by molar-refractivity contribution is 0.0680. The van der Waals surface area contributed by atoms with Crippen molar-refractivity contribution in [3.05, 3.63) is 58.6 Å². The molecule has 8 heteroatoms. The van der Waals surface area contributed by atoms with E-state index in [2.05, 4.69) is 85.2 Å². The number of thioether (sulfide) groups is 1. The van der Waals surface area contributed by atoms with E-state index in [1.165, 1.54) is 5.69 Å². The van der Waals surface area contributed by atoms with Crippen LogP contribution in [-0.2, 0) is 4.74 Å². The SMILES string of the molecule is COc1cc(C2=NN(C)C(N(c3ccccc3)C3CCC(Br)C(OC)C3)S2)ccc1Br. The number of methoxy groups -OCH3 is 2. The molecule has 1 aliphatic carbocycles. The molecule has 4 atom stereocenters. The van der Waals surface area contributed by atoms with Gasteiger partial charge in [-0.1, -0.05) is 52.0 Å². The summed E-state index contributed by atoms with van der Waals surface area (Å²) in [6, 6.07) is 17.2. The van der Waals surface area contributed by atoms with E-state index in [0.29, 0.717) is 10.9 Å². The Balaban J connectivity index is 1.62. The smallest absolute Gasteiger partial charge is 0.172 e. The molecule has 0 radical (unpaired) electrons. The number of anilines is 1. The van der Waals surface area contributed by atoms with Gasteiger partial charge in [0.25, 0.3) is 0 Å². The van der Waals surface area contributed by atoms with Gasteiger partial charge in [-0.3, -0.25) is 5.01 Å². The first kappa shape index (κ1) is 23.0. The van der Waals surface area contributed by atoms with Crippen LogP contribution in [0.5, 0.6) is 5.75 Å². The van der Waals surface area contributed by atoms with E-state index in [1.54, 1.807) is 18.9 Å². The molecule has 2 aromatic carbocycles. The maximum atomic E-state index is 5.80. The quantitative estimate of drug-likeness (QED) is 0.404. The lowest BCUT2D eigenvalue weighted by Gasteiger charge is -2.44. The Kier molecular flexibility index (Phi) is 7.52. The van der Waals surface area contributed by atoms with Crippen molar-refractivity contribution in [3.8, 4) is 5.75 Å². The predicted molar refractivity (Wildman–Crippen MR) is 136 cm³/mol. The van der Waals surface area contributed by atoms with Gasteiger partial charge in [-0.05, 0) is 59.5 Å². The number of benzene rings is 2. The van der Waals surface area contributed by atoms with Crippen molar-refractivity contribution in [2.45, 2.75) is 41.7 Å². The molecule has 2 aliphatic rings. The third-order valence-corrected chi connectivity index (χ3v) is 8.84. The number of para-hydroxylation sites is 1. The molecule has 0 saturated heterocycles. The summed E-state index contributed by atoms with van der Waals surface area (Å²) in [6.45, 7) is 0. The second kappa shape index (κ2) is 10.1. The van der Waals surface area contributed by atoms with Gasteiger partial charge in [0.05, 0.1) is 17.7 Å². The number of rotatable bonds is 6. The van der Waals surface area contributed by atoms with Gasteiger partial charge in [-0.2, -0.15) is 5.10 Å². The number of halogens is 2. The van der Waals surface area contributed by atoms with E-state index in [0.717, 1.165) is 40.1 Å². The summed E-state index contributed by atoms with van der Waals surface area (Å²) in [7, 11) is 5.55. The third-order valence-electron chi connectivity index (χ3n) is 5.86. The van der Waals surface area contributed by atoms with E-state index in [-0.39, 0.29) is 11.6 Å². The molecule has 1 saturated carbocycles. The van der Waals surface area contributed by atoms with Crippen molar-refractivity contribution in [1.82, 2.24) is 5.01 Å². The van der Waals surface area contributed by atoms with Gasteiger partial charge in [0.1, 0.15) is 10.8 Å². The van der Waals surface area contributed by atoms with E-state index in [1.807, 2.05) is 19.2 Å². The normalized spacial score (nSPS) is 26.0. The molecule has 166 valence electrons. The van der Waals surface area contributed by atoms with Crippen LogP contribution in [0.1, 0.15) is 24.8 Å². The molecule has 0 amide bonds. The molecule has 0 spiro atoms. The second-order valence-electron chi connectivity index (χ2n) is 7.77. The Bertz CT molecular complexity index is 930. The minimum absolute atomic E-state index is 0.0708. The van der Waals surface area contributed by atoms with Gasteiger partial charge in [0.15, 0.2) is 5.50 Å². The number of hydrogen-bond donors (Lipinski definition) is 0. The summed E-state index contributed by atoms with van der Waals surface area (Å²) >= 11 is 9.13. The molecular weight excluding hydrogens is 542 g/mol. The van der Waals surface area contributed by atoms with Crippen LogP contribution >= 0.6 is 43.6 Å². The van der Waals surface area contributed by atoms with Crippen molar-refractivity contribution in [2.24, 2.45) is 5.10 Å². The zero-order valence-electron chi connectivity index (χ0n) is 17.9. The molecule has 2 aromatic rings. The number of ether oxygens (including phenoxy) is 2. The Morgan fingerprint density at radius 2 is 1.90 bits per heavy atom. The van der Waals surface area contributed by atoms with Crippen LogP contribution in [0.3, 0.4) is 0 Å². The van der Waals surface area contributed by atoms with Gasteiger partial charge in [0.2, 0.25) is 0 Å². The zero-order valence-corrected chi connectivity index (χ0v) is 21.9. The van der Waals surface area contributed by atoms with Crippen LogP contribution in [0.4, 0.5) is 5.69 Å². The largest absolute Gasteiger partial charge is 0.496 e. The van der Waals surface area contributed by atoms with Crippen molar-refractivity contribution in [2.75, 3.05) is 26.2 Å². The van der Waals surface area contributed by atoms with Gasteiger partial charge in [-0.25, -0.2) is 0 Å². The van der Waals surface area contributed by atoms with Crippen LogP contribution in [0.25, 0.3) is 0 Å². The molecule has 1 aliphatic heterocycles. The average molecular weight is 569 g/mol. The molecule has 4 rings (SSSR count). The first-order valence-corrected chi connectivity index (χ1v) is 12.9. The van der Waals surface area contributed by atoms with E-state index >= 15 is 0 Å². The topological polar surface area (TPSA) is 37.3 Å². The maximum Gasteiger partial charge on any atom is 0.172 e. The predicted octanol–water partition coefficient (Wildman–Crippen LogP) is 5.92. The fourth-order valence-electron chi connectivity index (χ4n) is 4.23. The second-order valence-corrected chi connectivity index (χ2v) is 10.8. The van der Waals surface area contributed by atoms with Crippen molar-refractivity contribution >= 4 is 54.4 Å². The highest BCUT2D eigenvalue weighted by atomic mass is 79.9. The zero-order chi connectivity index (χ0) is 22.0. The lowest BCUT2D eigenvalue weighted by Crippen LogP contribution is -2.51. The van der Waals surface area contributed by atoms with Gasteiger partial charge >= 0.3 is 0 Å². The molecule has 4 unspecified atom stereocenters.